The Morgan fingerprint density at radius 2 is 1.00 bits per heavy atom. The van der Waals surface area contributed by atoms with Crippen molar-refractivity contribution in [1.29, 1.82) is 0 Å². The standard InChI is InChI=1S/C38H24O/c1-3-13-25(14-4-1)27-21-11-23-33-37-32(22-12-24-34(37)39-38(27)33)36-30-19-9-7-17-28(30)35(26-15-5-2-6-16-26)29-18-8-10-20-31(29)36/h1-24H/i2D,5D,6D,15D,16D. The van der Waals surface area contributed by atoms with Crippen LogP contribution in [0.4, 0.5) is 0 Å². The molecule has 0 fully saturated rings. The van der Waals surface area contributed by atoms with Crippen molar-refractivity contribution in [2.24, 2.45) is 0 Å². The number of benzene rings is 7. The summed E-state index contributed by atoms with van der Waals surface area (Å²) in [5.74, 6) is 0. The summed E-state index contributed by atoms with van der Waals surface area (Å²) in [4.78, 5) is 0. The number of rotatable bonds is 3. The monoisotopic (exact) mass is 501 g/mol. The molecule has 0 spiro atoms. The van der Waals surface area contributed by atoms with Crippen molar-refractivity contribution in [3.63, 3.8) is 0 Å². The zero-order valence-electron chi connectivity index (χ0n) is 25.9. The summed E-state index contributed by atoms with van der Waals surface area (Å²) in [5.41, 5.74) is 6.56. The molecule has 8 rings (SSSR count). The van der Waals surface area contributed by atoms with Gasteiger partial charge in [-0.1, -0.05) is 139 Å². The van der Waals surface area contributed by atoms with E-state index >= 15 is 0 Å². The first-order chi connectivity index (χ1) is 21.5. The average molecular weight is 502 g/mol. The number of hydrogen-bond donors (Lipinski definition) is 0. The van der Waals surface area contributed by atoms with Gasteiger partial charge in [-0.05, 0) is 55.4 Å². The van der Waals surface area contributed by atoms with E-state index in [0.29, 0.717) is 5.56 Å². The topological polar surface area (TPSA) is 13.1 Å². The highest BCUT2D eigenvalue weighted by Crippen LogP contribution is 2.47. The van der Waals surface area contributed by atoms with Gasteiger partial charge in [-0.2, -0.15) is 0 Å². The van der Waals surface area contributed by atoms with Crippen molar-refractivity contribution in [1.82, 2.24) is 0 Å². The second kappa shape index (κ2) is 8.72. The maximum absolute atomic E-state index is 8.82. The summed E-state index contributed by atoms with van der Waals surface area (Å²) < 4.78 is 49.2. The zero-order chi connectivity index (χ0) is 30.1. The van der Waals surface area contributed by atoms with E-state index in [4.69, 9.17) is 11.3 Å². The quantitative estimate of drug-likeness (QED) is 0.219. The number of furan rings is 1. The summed E-state index contributed by atoms with van der Waals surface area (Å²) in [6.45, 7) is 0. The van der Waals surface area contributed by atoms with Crippen molar-refractivity contribution >= 4 is 43.5 Å². The highest BCUT2D eigenvalue weighted by molar-refractivity contribution is 6.26. The minimum Gasteiger partial charge on any atom is -0.455 e. The molecule has 0 unspecified atom stereocenters. The number of hydrogen-bond acceptors (Lipinski definition) is 1. The smallest absolute Gasteiger partial charge is 0.143 e. The first-order valence-electron chi connectivity index (χ1n) is 15.5. The van der Waals surface area contributed by atoms with E-state index in [1.165, 1.54) is 0 Å². The molecule has 1 heteroatoms. The molecule has 0 radical (unpaired) electrons. The van der Waals surface area contributed by atoms with Gasteiger partial charge in [-0.15, -0.1) is 0 Å². The second-order valence-corrected chi connectivity index (χ2v) is 9.67. The molecule has 0 saturated heterocycles. The van der Waals surface area contributed by atoms with E-state index in [0.717, 1.165) is 65.7 Å². The van der Waals surface area contributed by atoms with Crippen LogP contribution >= 0.6 is 0 Å². The third kappa shape index (κ3) is 3.34. The van der Waals surface area contributed by atoms with E-state index in [1.54, 1.807) is 0 Å². The normalized spacial score (nSPS) is 13.4. The zero-order valence-corrected chi connectivity index (χ0v) is 20.9. The van der Waals surface area contributed by atoms with Crippen LogP contribution in [0.3, 0.4) is 0 Å². The largest absolute Gasteiger partial charge is 0.455 e. The van der Waals surface area contributed by atoms with Crippen LogP contribution in [0.2, 0.25) is 0 Å². The van der Waals surface area contributed by atoms with E-state index < -0.39 is 6.04 Å². The molecule has 0 aliphatic heterocycles. The van der Waals surface area contributed by atoms with Crippen molar-refractivity contribution in [3.8, 4) is 33.4 Å². The molecule has 1 heterocycles. The van der Waals surface area contributed by atoms with Crippen LogP contribution in [0.5, 0.6) is 0 Å². The van der Waals surface area contributed by atoms with Crippen molar-refractivity contribution in [2.75, 3.05) is 0 Å². The fourth-order valence-electron chi connectivity index (χ4n) is 5.96. The molecule has 182 valence electrons. The van der Waals surface area contributed by atoms with Gasteiger partial charge < -0.3 is 4.42 Å². The van der Waals surface area contributed by atoms with Crippen molar-refractivity contribution in [2.45, 2.75) is 0 Å². The summed E-state index contributed by atoms with van der Waals surface area (Å²) in [6.07, 6.45) is 0. The molecule has 0 aliphatic rings. The minimum atomic E-state index is -0.401. The fourth-order valence-corrected chi connectivity index (χ4v) is 5.96. The highest BCUT2D eigenvalue weighted by atomic mass is 16.3. The van der Waals surface area contributed by atoms with Gasteiger partial charge in [-0.3, -0.25) is 0 Å². The SMILES string of the molecule is [2H]c1c([2H])c([2H])c(-c2c3ccccc3c(-c3cccc4oc5c(-c6ccccc6)cccc5c34)c3ccccc23)c([2H])c1[2H]. The molecule has 39 heavy (non-hydrogen) atoms. The van der Waals surface area contributed by atoms with E-state index in [2.05, 4.69) is 36.4 Å². The third-order valence-corrected chi connectivity index (χ3v) is 7.56. The predicted molar refractivity (Wildman–Crippen MR) is 165 cm³/mol. The van der Waals surface area contributed by atoms with Gasteiger partial charge in [0.15, 0.2) is 0 Å². The molecule has 8 aromatic rings. The maximum Gasteiger partial charge on any atom is 0.143 e. The van der Waals surface area contributed by atoms with Gasteiger partial charge in [0.05, 0.1) is 6.85 Å². The Labute approximate surface area is 233 Å². The molecule has 0 amide bonds. The summed E-state index contributed by atoms with van der Waals surface area (Å²) >= 11 is 0. The predicted octanol–water partition coefficient (Wildman–Crippen LogP) is 10.9. The highest BCUT2D eigenvalue weighted by Gasteiger charge is 2.20. The third-order valence-electron chi connectivity index (χ3n) is 7.56. The van der Waals surface area contributed by atoms with Gasteiger partial charge in [-0.25, -0.2) is 0 Å². The van der Waals surface area contributed by atoms with E-state index in [-0.39, 0.29) is 29.7 Å². The molecular weight excluding hydrogens is 472 g/mol. The van der Waals surface area contributed by atoms with Crippen molar-refractivity contribution in [3.05, 3.63) is 145 Å². The summed E-state index contributed by atoms with van der Waals surface area (Å²) in [6, 6.07) is 36.9. The minimum absolute atomic E-state index is 0.203. The lowest BCUT2D eigenvalue weighted by Crippen LogP contribution is -1.91. The number of fused-ring (bicyclic) bond motifs is 5. The first kappa shape index (κ1) is 17.4. The Hall–Kier alpha value is -5.14. The van der Waals surface area contributed by atoms with Crippen LogP contribution in [0.15, 0.2) is 150 Å². The molecule has 0 N–H and O–H groups in total. The average Bonchev–Trinajstić information content (AvgIpc) is 3.46. The molecule has 1 nitrogen and oxygen atoms in total. The van der Waals surface area contributed by atoms with Gasteiger partial charge >= 0.3 is 0 Å². The molecule has 1 aromatic heterocycles. The van der Waals surface area contributed by atoms with Gasteiger partial charge in [0.1, 0.15) is 11.2 Å². The fraction of sp³-hybridized carbons (Fsp3) is 0. The first-order valence-corrected chi connectivity index (χ1v) is 13.0. The lowest BCUT2D eigenvalue weighted by Gasteiger charge is -2.18. The molecular formula is C38H24O. The lowest BCUT2D eigenvalue weighted by molar-refractivity contribution is 0.670. The maximum atomic E-state index is 8.82. The van der Waals surface area contributed by atoms with Crippen LogP contribution in [0.1, 0.15) is 6.85 Å². The number of para-hydroxylation sites is 1. The summed E-state index contributed by atoms with van der Waals surface area (Å²) in [5, 5.41) is 5.50. The Bertz CT molecular complexity index is 2360. The van der Waals surface area contributed by atoms with E-state index in [1.807, 2.05) is 78.9 Å². The van der Waals surface area contributed by atoms with Crippen LogP contribution in [-0.4, -0.2) is 0 Å². The van der Waals surface area contributed by atoms with Gasteiger partial charge in [0.25, 0.3) is 0 Å². The van der Waals surface area contributed by atoms with Crippen LogP contribution < -0.4 is 0 Å². The van der Waals surface area contributed by atoms with Crippen LogP contribution in [0, 0.1) is 0 Å². The summed E-state index contributed by atoms with van der Waals surface area (Å²) in [7, 11) is 0. The van der Waals surface area contributed by atoms with Gasteiger partial charge in [0.2, 0.25) is 0 Å². The Kier molecular flexibility index (Phi) is 3.89. The molecule has 0 atom stereocenters. The van der Waals surface area contributed by atoms with Crippen molar-refractivity contribution < 1.29 is 11.3 Å². The molecule has 7 aromatic carbocycles. The molecule has 0 bridgehead atoms. The van der Waals surface area contributed by atoms with Gasteiger partial charge in [0, 0.05) is 16.3 Å². The molecule has 0 aliphatic carbocycles. The Morgan fingerprint density at radius 3 is 1.69 bits per heavy atom. The lowest BCUT2D eigenvalue weighted by atomic mass is 9.85. The Morgan fingerprint density at radius 1 is 0.436 bits per heavy atom. The van der Waals surface area contributed by atoms with E-state index in [9.17, 15) is 0 Å². The second-order valence-electron chi connectivity index (χ2n) is 9.67. The van der Waals surface area contributed by atoms with Crippen LogP contribution in [0.25, 0.3) is 76.9 Å². The van der Waals surface area contributed by atoms with Crippen LogP contribution in [-0.2, 0) is 0 Å². The molecule has 0 saturated carbocycles. The Balaban J connectivity index is 1.53.